The van der Waals surface area contributed by atoms with Crippen molar-refractivity contribution in [2.24, 2.45) is 0 Å². The number of pyridine rings is 1. The molecule has 1 rings (SSSR count). The van der Waals surface area contributed by atoms with Crippen LogP contribution in [-0.2, 0) is 0 Å². The standard InChI is InChI=1S/C7H9N.B/c1-6-4-3-5-7(2)8-6;/h3-5H,1-2H3;. The normalized spacial score (nSPS) is 8.22. The van der Waals surface area contributed by atoms with Crippen LogP contribution in [0, 0.1) is 13.8 Å². The van der Waals surface area contributed by atoms with Crippen molar-refractivity contribution in [1.29, 1.82) is 0 Å². The van der Waals surface area contributed by atoms with Gasteiger partial charge < -0.3 is 0 Å². The Balaban J connectivity index is 0.000000640. The third-order valence-corrected chi connectivity index (χ3v) is 1.03. The molecule has 0 atom stereocenters. The van der Waals surface area contributed by atoms with Crippen LogP contribution in [0.2, 0.25) is 0 Å². The van der Waals surface area contributed by atoms with Crippen molar-refractivity contribution in [2.45, 2.75) is 13.8 Å². The van der Waals surface area contributed by atoms with Gasteiger partial charge in [0.05, 0.1) is 0 Å². The summed E-state index contributed by atoms with van der Waals surface area (Å²) in [5.74, 6) is 0. The molecular weight excluding hydrogens is 109 g/mol. The van der Waals surface area contributed by atoms with Gasteiger partial charge in [-0.3, -0.25) is 4.98 Å². The zero-order valence-corrected chi connectivity index (χ0v) is 5.76. The lowest BCUT2D eigenvalue weighted by molar-refractivity contribution is 1.12. The van der Waals surface area contributed by atoms with Gasteiger partial charge in [-0.1, -0.05) is 6.07 Å². The molecule has 45 valence electrons. The maximum absolute atomic E-state index is 4.17. The van der Waals surface area contributed by atoms with Gasteiger partial charge in [0, 0.05) is 19.8 Å². The van der Waals surface area contributed by atoms with Crippen molar-refractivity contribution < 1.29 is 0 Å². The average molecular weight is 118 g/mol. The zero-order chi connectivity index (χ0) is 5.98. The Morgan fingerprint density at radius 2 is 1.56 bits per heavy atom. The molecule has 0 amide bonds. The molecule has 0 spiro atoms. The summed E-state index contributed by atoms with van der Waals surface area (Å²) in [6, 6.07) is 6.00. The van der Waals surface area contributed by atoms with Gasteiger partial charge in [0.2, 0.25) is 0 Å². The van der Waals surface area contributed by atoms with Crippen molar-refractivity contribution >= 4 is 8.41 Å². The number of aromatic nitrogens is 1. The molecule has 0 bridgehead atoms. The fourth-order valence-corrected chi connectivity index (χ4v) is 0.679. The fraction of sp³-hybridized carbons (Fsp3) is 0.286. The number of hydrogen-bond acceptors (Lipinski definition) is 1. The maximum atomic E-state index is 4.17. The second kappa shape index (κ2) is 3.28. The van der Waals surface area contributed by atoms with Crippen molar-refractivity contribution in [3.8, 4) is 0 Å². The van der Waals surface area contributed by atoms with Gasteiger partial charge in [-0.05, 0) is 26.0 Å². The lowest BCUT2D eigenvalue weighted by atomic mass is 10.3. The second-order valence-electron chi connectivity index (χ2n) is 1.92. The molecule has 3 radical (unpaired) electrons. The third kappa shape index (κ3) is 2.31. The minimum atomic E-state index is 0. The molecule has 0 saturated heterocycles. The minimum Gasteiger partial charge on any atom is -0.258 e. The largest absolute Gasteiger partial charge is 0.258 e. The lowest BCUT2D eigenvalue weighted by Gasteiger charge is -1.90. The van der Waals surface area contributed by atoms with Crippen molar-refractivity contribution in [2.75, 3.05) is 0 Å². The predicted molar refractivity (Wildman–Crippen MR) is 39.5 cm³/mol. The highest BCUT2D eigenvalue weighted by atomic mass is 14.7. The van der Waals surface area contributed by atoms with E-state index >= 15 is 0 Å². The summed E-state index contributed by atoms with van der Waals surface area (Å²) in [5.41, 5.74) is 2.18. The topological polar surface area (TPSA) is 12.9 Å². The molecule has 1 nitrogen and oxygen atoms in total. The Morgan fingerprint density at radius 3 is 1.78 bits per heavy atom. The van der Waals surface area contributed by atoms with Gasteiger partial charge in [-0.25, -0.2) is 0 Å². The van der Waals surface area contributed by atoms with E-state index in [9.17, 15) is 0 Å². The first-order valence-corrected chi connectivity index (χ1v) is 2.69. The molecule has 2 heteroatoms. The molecule has 0 aromatic carbocycles. The molecule has 0 aliphatic carbocycles. The molecule has 0 aliphatic rings. The van der Waals surface area contributed by atoms with Crippen LogP contribution in [0.25, 0.3) is 0 Å². The van der Waals surface area contributed by atoms with Crippen LogP contribution in [-0.4, -0.2) is 13.4 Å². The summed E-state index contributed by atoms with van der Waals surface area (Å²) in [6.45, 7) is 3.99. The van der Waals surface area contributed by atoms with E-state index in [0.29, 0.717) is 0 Å². The first-order valence-electron chi connectivity index (χ1n) is 2.69. The van der Waals surface area contributed by atoms with Gasteiger partial charge >= 0.3 is 0 Å². The lowest BCUT2D eigenvalue weighted by Crippen LogP contribution is -1.81. The summed E-state index contributed by atoms with van der Waals surface area (Å²) in [5, 5.41) is 0. The van der Waals surface area contributed by atoms with Gasteiger partial charge in [0.1, 0.15) is 0 Å². The highest BCUT2D eigenvalue weighted by Crippen LogP contribution is 1.93. The van der Waals surface area contributed by atoms with E-state index in [1.54, 1.807) is 0 Å². The van der Waals surface area contributed by atoms with Crippen LogP contribution in [0.15, 0.2) is 18.2 Å². The van der Waals surface area contributed by atoms with Crippen LogP contribution in [0.1, 0.15) is 11.4 Å². The Bertz CT molecular complexity index is 169. The van der Waals surface area contributed by atoms with E-state index < -0.39 is 0 Å². The van der Waals surface area contributed by atoms with Crippen molar-refractivity contribution in [1.82, 2.24) is 4.98 Å². The summed E-state index contributed by atoms with van der Waals surface area (Å²) >= 11 is 0. The number of hydrogen-bond donors (Lipinski definition) is 0. The smallest absolute Gasteiger partial charge is 0.0375 e. The van der Waals surface area contributed by atoms with Crippen LogP contribution >= 0.6 is 0 Å². The molecule has 1 aromatic heterocycles. The molecule has 0 fully saturated rings. The Hall–Kier alpha value is -0.785. The van der Waals surface area contributed by atoms with Crippen molar-refractivity contribution in [3.63, 3.8) is 0 Å². The maximum Gasteiger partial charge on any atom is 0.0375 e. The molecule has 1 aromatic rings. The zero-order valence-electron chi connectivity index (χ0n) is 5.76. The Morgan fingerprint density at radius 1 is 1.11 bits per heavy atom. The first-order chi connectivity index (χ1) is 3.79. The van der Waals surface area contributed by atoms with Crippen LogP contribution in [0.4, 0.5) is 0 Å². The van der Waals surface area contributed by atoms with E-state index in [1.807, 2.05) is 32.0 Å². The van der Waals surface area contributed by atoms with E-state index in [4.69, 9.17) is 0 Å². The molecule has 0 saturated carbocycles. The SMILES string of the molecule is Cc1cccc(C)n1.[B]. The highest BCUT2D eigenvalue weighted by molar-refractivity contribution is 5.75. The van der Waals surface area contributed by atoms with Crippen LogP contribution in [0.3, 0.4) is 0 Å². The summed E-state index contributed by atoms with van der Waals surface area (Å²) in [6.07, 6.45) is 0. The third-order valence-electron chi connectivity index (χ3n) is 1.03. The summed E-state index contributed by atoms with van der Waals surface area (Å²) in [7, 11) is 0. The molecule has 9 heavy (non-hydrogen) atoms. The number of rotatable bonds is 0. The van der Waals surface area contributed by atoms with Gasteiger partial charge in [-0.2, -0.15) is 0 Å². The predicted octanol–water partition coefficient (Wildman–Crippen LogP) is 1.32. The van der Waals surface area contributed by atoms with E-state index in [0.717, 1.165) is 11.4 Å². The first kappa shape index (κ1) is 8.21. The van der Waals surface area contributed by atoms with Crippen LogP contribution < -0.4 is 0 Å². The quantitative estimate of drug-likeness (QED) is 0.468. The minimum absolute atomic E-state index is 0. The van der Waals surface area contributed by atoms with E-state index in [2.05, 4.69) is 4.98 Å². The Labute approximate surface area is 57.7 Å². The molecule has 1 heterocycles. The van der Waals surface area contributed by atoms with Gasteiger partial charge in [0.25, 0.3) is 0 Å². The average Bonchev–Trinajstić information content (AvgIpc) is 1.64. The molecule has 0 aliphatic heterocycles. The van der Waals surface area contributed by atoms with Crippen molar-refractivity contribution in [3.05, 3.63) is 29.6 Å². The van der Waals surface area contributed by atoms with Gasteiger partial charge in [0.15, 0.2) is 0 Å². The fourth-order valence-electron chi connectivity index (χ4n) is 0.679. The molecule has 0 N–H and O–H groups in total. The molecular formula is C7H9BN. The van der Waals surface area contributed by atoms with Crippen LogP contribution in [0.5, 0.6) is 0 Å². The second-order valence-corrected chi connectivity index (χ2v) is 1.92. The Kier molecular flexibility index (Phi) is 3.00. The number of aryl methyl sites for hydroxylation is 2. The van der Waals surface area contributed by atoms with Gasteiger partial charge in [-0.15, -0.1) is 0 Å². The molecule has 0 unspecified atom stereocenters. The monoisotopic (exact) mass is 118 g/mol. The summed E-state index contributed by atoms with van der Waals surface area (Å²) < 4.78 is 0. The highest BCUT2D eigenvalue weighted by Gasteiger charge is 1.82. The summed E-state index contributed by atoms with van der Waals surface area (Å²) in [4.78, 5) is 4.17. The van der Waals surface area contributed by atoms with E-state index in [-0.39, 0.29) is 8.41 Å². The van der Waals surface area contributed by atoms with E-state index in [1.165, 1.54) is 0 Å². The number of nitrogens with zero attached hydrogens (tertiary/aromatic N) is 1.